The zero-order valence-corrected chi connectivity index (χ0v) is 9.57. The molecule has 0 bridgehead atoms. The molecule has 15 heavy (non-hydrogen) atoms. The molecule has 0 radical (unpaired) electrons. The number of likely N-dealkylation sites (tertiary alicyclic amines) is 1. The molecule has 1 saturated heterocycles. The molecular weight excluding hydrogens is 186 g/mol. The molecule has 0 spiro atoms. The van der Waals surface area contributed by atoms with Gasteiger partial charge in [0.1, 0.15) is 0 Å². The van der Waals surface area contributed by atoms with Crippen LogP contribution < -0.4 is 0 Å². The first-order valence-electron chi connectivity index (χ1n) is 6.41. The lowest BCUT2D eigenvalue weighted by atomic mass is 9.92. The molecule has 0 amide bonds. The number of piperidine rings is 1. The van der Waals surface area contributed by atoms with Crippen LogP contribution in [0.3, 0.4) is 0 Å². The van der Waals surface area contributed by atoms with Crippen LogP contribution in [-0.4, -0.2) is 35.7 Å². The van der Waals surface area contributed by atoms with Crippen molar-refractivity contribution >= 4 is 0 Å². The van der Waals surface area contributed by atoms with Gasteiger partial charge in [-0.2, -0.15) is 0 Å². The van der Waals surface area contributed by atoms with Gasteiger partial charge in [0.05, 0.1) is 0 Å². The van der Waals surface area contributed by atoms with Crippen LogP contribution in [0, 0.1) is 5.92 Å². The Morgan fingerprint density at radius 3 is 2.93 bits per heavy atom. The number of aliphatic hydroxyl groups is 1. The van der Waals surface area contributed by atoms with Crippen LogP contribution in [0.2, 0.25) is 0 Å². The summed E-state index contributed by atoms with van der Waals surface area (Å²) in [6.07, 6.45) is 12.3. The molecule has 86 valence electrons. The highest BCUT2D eigenvalue weighted by Crippen LogP contribution is 2.24. The zero-order valence-electron chi connectivity index (χ0n) is 9.57. The second-order valence-corrected chi connectivity index (χ2v) is 4.94. The third-order valence-electron chi connectivity index (χ3n) is 3.79. The van der Waals surface area contributed by atoms with Crippen molar-refractivity contribution < 1.29 is 5.11 Å². The van der Waals surface area contributed by atoms with E-state index in [9.17, 15) is 0 Å². The molecule has 0 aromatic carbocycles. The van der Waals surface area contributed by atoms with Gasteiger partial charge in [-0.05, 0) is 51.0 Å². The van der Waals surface area contributed by atoms with Crippen molar-refractivity contribution in [3.05, 3.63) is 12.2 Å². The molecule has 0 saturated carbocycles. The monoisotopic (exact) mass is 209 g/mol. The van der Waals surface area contributed by atoms with Crippen molar-refractivity contribution in [2.24, 2.45) is 5.92 Å². The van der Waals surface area contributed by atoms with Crippen molar-refractivity contribution in [3.63, 3.8) is 0 Å². The van der Waals surface area contributed by atoms with Crippen molar-refractivity contribution in [1.82, 2.24) is 4.90 Å². The Morgan fingerprint density at radius 1 is 1.27 bits per heavy atom. The zero-order chi connectivity index (χ0) is 10.5. The summed E-state index contributed by atoms with van der Waals surface area (Å²) in [5, 5.41) is 8.98. The average Bonchev–Trinajstić information content (AvgIpc) is 2.31. The summed E-state index contributed by atoms with van der Waals surface area (Å²) >= 11 is 0. The highest BCUT2D eigenvalue weighted by atomic mass is 16.3. The Labute approximate surface area is 93.0 Å². The van der Waals surface area contributed by atoms with Gasteiger partial charge in [0, 0.05) is 19.2 Å². The Bertz CT molecular complexity index is 213. The number of hydrogen-bond donors (Lipinski definition) is 1. The minimum Gasteiger partial charge on any atom is -0.396 e. The molecule has 0 aromatic rings. The smallest absolute Gasteiger partial charge is 0.0434 e. The molecule has 0 unspecified atom stereocenters. The van der Waals surface area contributed by atoms with Crippen LogP contribution in [0.25, 0.3) is 0 Å². The largest absolute Gasteiger partial charge is 0.396 e. The van der Waals surface area contributed by atoms with Gasteiger partial charge in [-0.25, -0.2) is 0 Å². The van der Waals surface area contributed by atoms with Gasteiger partial charge in [0.2, 0.25) is 0 Å². The summed E-state index contributed by atoms with van der Waals surface area (Å²) in [6, 6.07) is 0.695. The van der Waals surface area contributed by atoms with Crippen LogP contribution in [0.1, 0.15) is 38.5 Å². The number of aliphatic hydroxyl groups excluding tert-OH is 1. The van der Waals surface area contributed by atoms with E-state index in [4.69, 9.17) is 5.11 Å². The summed E-state index contributed by atoms with van der Waals surface area (Å²) in [7, 11) is 0. The lowest BCUT2D eigenvalue weighted by Gasteiger charge is -2.38. The van der Waals surface area contributed by atoms with Gasteiger partial charge in [0.25, 0.3) is 0 Å². The SMILES string of the molecule is OCC[C@H]1CCCN([C@H]2C=CCCC2)C1. The van der Waals surface area contributed by atoms with Gasteiger partial charge >= 0.3 is 0 Å². The minimum atomic E-state index is 0.360. The maximum atomic E-state index is 8.98. The lowest BCUT2D eigenvalue weighted by Crippen LogP contribution is -2.42. The molecule has 1 N–H and O–H groups in total. The Morgan fingerprint density at radius 2 is 2.20 bits per heavy atom. The van der Waals surface area contributed by atoms with Crippen LogP contribution in [0.15, 0.2) is 12.2 Å². The number of nitrogens with zero attached hydrogens (tertiary/aromatic N) is 1. The van der Waals surface area contributed by atoms with E-state index in [2.05, 4.69) is 17.1 Å². The normalized spacial score (nSPS) is 33.1. The van der Waals surface area contributed by atoms with Gasteiger partial charge < -0.3 is 5.11 Å². The highest BCUT2D eigenvalue weighted by Gasteiger charge is 2.24. The third kappa shape index (κ3) is 3.05. The summed E-state index contributed by atoms with van der Waals surface area (Å²) in [6.45, 7) is 2.82. The summed E-state index contributed by atoms with van der Waals surface area (Å²) in [4.78, 5) is 2.62. The van der Waals surface area contributed by atoms with E-state index >= 15 is 0 Å². The van der Waals surface area contributed by atoms with Gasteiger partial charge in [0.15, 0.2) is 0 Å². The Kier molecular flexibility index (Phi) is 4.21. The van der Waals surface area contributed by atoms with E-state index in [0.29, 0.717) is 12.6 Å². The number of rotatable bonds is 3. The van der Waals surface area contributed by atoms with Crippen LogP contribution in [0.4, 0.5) is 0 Å². The molecule has 1 heterocycles. The minimum absolute atomic E-state index is 0.360. The third-order valence-corrected chi connectivity index (χ3v) is 3.79. The quantitative estimate of drug-likeness (QED) is 0.720. The second kappa shape index (κ2) is 5.66. The topological polar surface area (TPSA) is 23.5 Å². The number of allylic oxidation sites excluding steroid dienone is 1. The molecule has 0 aromatic heterocycles. The highest BCUT2D eigenvalue weighted by molar-refractivity contribution is 4.99. The molecule has 1 fully saturated rings. The Hall–Kier alpha value is -0.340. The molecular formula is C13H23NO. The molecule has 2 aliphatic rings. The fourth-order valence-electron chi connectivity index (χ4n) is 2.92. The van der Waals surface area contributed by atoms with Crippen molar-refractivity contribution in [2.45, 2.75) is 44.6 Å². The van der Waals surface area contributed by atoms with E-state index in [1.165, 1.54) is 45.2 Å². The fourth-order valence-corrected chi connectivity index (χ4v) is 2.92. The Balaban J connectivity index is 1.85. The van der Waals surface area contributed by atoms with Gasteiger partial charge in [-0.3, -0.25) is 4.90 Å². The van der Waals surface area contributed by atoms with Crippen molar-refractivity contribution in [3.8, 4) is 0 Å². The van der Waals surface area contributed by atoms with Crippen molar-refractivity contribution in [2.75, 3.05) is 19.7 Å². The van der Waals surface area contributed by atoms with Gasteiger partial charge in [-0.1, -0.05) is 12.2 Å². The molecule has 2 heteroatoms. The lowest BCUT2D eigenvalue weighted by molar-refractivity contribution is 0.119. The van der Waals surface area contributed by atoms with Crippen molar-refractivity contribution in [1.29, 1.82) is 0 Å². The first-order chi connectivity index (χ1) is 7.40. The van der Waals surface area contributed by atoms with Gasteiger partial charge in [-0.15, -0.1) is 0 Å². The van der Waals surface area contributed by atoms with E-state index in [0.717, 1.165) is 12.3 Å². The first-order valence-corrected chi connectivity index (χ1v) is 6.41. The molecule has 2 nitrogen and oxygen atoms in total. The molecule has 1 aliphatic heterocycles. The van der Waals surface area contributed by atoms with Crippen LogP contribution >= 0.6 is 0 Å². The number of hydrogen-bond acceptors (Lipinski definition) is 2. The average molecular weight is 209 g/mol. The maximum absolute atomic E-state index is 8.98. The molecule has 1 aliphatic carbocycles. The van der Waals surface area contributed by atoms with Crippen LogP contribution in [-0.2, 0) is 0 Å². The van der Waals surface area contributed by atoms with E-state index < -0.39 is 0 Å². The van der Waals surface area contributed by atoms with E-state index in [-0.39, 0.29) is 0 Å². The second-order valence-electron chi connectivity index (χ2n) is 4.94. The standard InChI is InChI=1S/C13H23NO/c15-10-8-12-5-4-9-14(11-12)13-6-2-1-3-7-13/h2,6,12-13,15H,1,3-5,7-11H2/t12-,13+/m1/s1. The maximum Gasteiger partial charge on any atom is 0.0434 e. The fraction of sp³-hybridized carbons (Fsp3) is 0.846. The first kappa shape index (κ1) is 11.2. The predicted octanol–water partition coefficient (Wildman–Crippen LogP) is 2.19. The summed E-state index contributed by atoms with van der Waals surface area (Å²) < 4.78 is 0. The van der Waals surface area contributed by atoms with Crippen LogP contribution in [0.5, 0.6) is 0 Å². The molecule has 2 atom stereocenters. The predicted molar refractivity (Wildman–Crippen MR) is 62.8 cm³/mol. The summed E-state index contributed by atoms with van der Waals surface area (Å²) in [5.41, 5.74) is 0. The van der Waals surface area contributed by atoms with E-state index in [1.807, 2.05) is 0 Å². The summed E-state index contributed by atoms with van der Waals surface area (Å²) in [5.74, 6) is 0.735. The van der Waals surface area contributed by atoms with E-state index in [1.54, 1.807) is 0 Å². The molecule has 2 rings (SSSR count).